The van der Waals surface area contributed by atoms with E-state index in [2.05, 4.69) is 15.0 Å². The number of aromatic nitrogens is 3. The van der Waals surface area contributed by atoms with Crippen LogP contribution in [-0.2, 0) is 18.0 Å². The van der Waals surface area contributed by atoms with Crippen molar-refractivity contribution in [3.05, 3.63) is 70.8 Å². The number of hydrogen-bond acceptors (Lipinski definition) is 6. The van der Waals surface area contributed by atoms with Crippen molar-refractivity contribution >= 4 is 34.8 Å². The number of hydrogen-bond donors (Lipinski definition) is 0. The molecule has 0 fully saturated rings. The highest BCUT2D eigenvalue weighted by Gasteiger charge is 2.30. The lowest BCUT2D eigenvalue weighted by atomic mass is 10.1. The molecular formula is C21H20ClN5O2. The lowest BCUT2D eigenvalue weighted by molar-refractivity contribution is 0.0991. The zero-order chi connectivity index (χ0) is 20.4. The third kappa shape index (κ3) is 3.79. The van der Waals surface area contributed by atoms with Gasteiger partial charge in [0.1, 0.15) is 11.0 Å². The fourth-order valence-electron chi connectivity index (χ4n) is 3.29. The largest absolute Gasteiger partial charge is 0.372 e. The number of amides is 1. The molecule has 1 aliphatic heterocycles. The van der Waals surface area contributed by atoms with Crippen LogP contribution in [0, 0.1) is 0 Å². The molecule has 0 unspecified atom stereocenters. The summed E-state index contributed by atoms with van der Waals surface area (Å²) in [7, 11) is 1.73. The molecule has 4 heterocycles. The first-order chi connectivity index (χ1) is 14.1. The first-order valence-electron chi connectivity index (χ1n) is 9.26. The molecule has 1 amide bonds. The van der Waals surface area contributed by atoms with Crippen LogP contribution in [0.5, 0.6) is 0 Å². The van der Waals surface area contributed by atoms with Gasteiger partial charge in [-0.1, -0.05) is 11.6 Å². The summed E-state index contributed by atoms with van der Waals surface area (Å²) in [5, 5.41) is 0.368. The van der Waals surface area contributed by atoms with Crippen molar-refractivity contribution in [1.82, 2.24) is 15.0 Å². The van der Waals surface area contributed by atoms with E-state index in [1.54, 1.807) is 42.7 Å². The summed E-state index contributed by atoms with van der Waals surface area (Å²) in [4.78, 5) is 29.6. The fraction of sp³-hybridized carbons (Fsp3) is 0.238. The Morgan fingerprint density at radius 3 is 2.59 bits per heavy atom. The summed E-state index contributed by atoms with van der Waals surface area (Å²) in [6, 6.07) is 9.13. The van der Waals surface area contributed by atoms with Crippen LogP contribution in [0.3, 0.4) is 0 Å². The van der Waals surface area contributed by atoms with Crippen molar-refractivity contribution in [2.24, 2.45) is 0 Å². The van der Waals surface area contributed by atoms with E-state index < -0.39 is 0 Å². The third-order valence-corrected chi connectivity index (χ3v) is 4.97. The van der Waals surface area contributed by atoms with Crippen molar-refractivity contribution in [3.8, 4) is 0 Å². The normalized spacial score (nSPS) is 13.1. The standard InChI is InChI=1S/C21H20ClN5O2/c1-3-27-19-16(21(28)26(2)17-4-5-18(22)25-20(17)27)10-15(11-24-19)13-29-12-14-6-8-23-9-7-14/h4-11H,3,12-13H2,1-2H3. The van der Waals surface area contributed by atoms with Crippen molar-refractivity contribution < 1.29 is 9.53 Å². The van der Waals surface area contributed by atoms with Crippen molar-refractivity contribution in [1.29, 1.82) is 0 Å². The molecule has 7 nitrogen and oxygen atoms in total. The zero-order valence-corrected chi connectivity index (χ0v) is 16.9. The Balaban J connectivity index is 1.64. The maximum Gasteiger partial charge on any atom is 0.261 e. The fourth-order valence-corrected chi connectivity index (χ4v) is 3.43. The Morgan fingerprint density at radius 2 is 1.83 bits per heavy atom. The maximum atomic E-state index is 13.1. The SMILES string of the molecule is CCN1c2ncc(COCc3ccncc3)cc2C(=O)N(C)c2ccc(Cl)nc21. The van der Waals surface area contributed by atoms with Gasteiger partial charge in [-0.15, -0.1) is 0 Å². The van der Waals surface area contributed by atoms with Crippen molar-refractivity contribution in [2.75, 3.05) is 23.4 Å². The van der Waals surface area contributed by atoms with Gasteiger partial charge in [-0.3, -0.25) is 9.78 Å². The molecule has 0 bridgehead atoms. The average Bonchev–Trinajstić information content (AvgIpc) is 2.82. The quantitative estimate of drug-likeness (QED) is 0.593. The molecule has 29 heavy (non-hydrogen) atoms. The topological polar surface area (TPSA) is 71.5 Å². The Bertz CT molecular complexity index is 1040. The van der Waals surface area contributed by atoms with Crippen molar-refractivity contribution in [2.45, 2.75) is 20.1 Å². The summed E-state index contributed by atoms with van der Waals surface area (Å²) >= 11 is 6.11. The highest BCUT2D eigenvalue weighted by Crippen LogP contribution is 2.38. The van der Waals surface area contributed by atoms with Gasteiger partial charge in [0, 0.05) is 32.2 Å². The van der Waals surface area contributed by atoms with Crippen LogP contribution in [0.4, 0.5) is 17.3 Å². The van der Waals surface area contributed by atoms with Crippen LogP contribution in [0.2, 0.25) is 5.15 Å². The molecule has 0 radical (unpaired) electrons. The number of halogens is 1. The van der Waals surface area contributed by atoms with E-state index in [4.69, 9.17) is 16.3 Å². The molecule has 3 aromatic heterocycles. The molecule has 0 aromatic carbocycles. The Morgan fingerprint density at radius 1 is 1.07 bits per heavy atom. The summed E-state index contributed by atoms with van der Waals surface area (Å²) in [6.07, 6.45) is 5.19. The van der Waals surface area contributed by atoms with Gasteiger partial charge < -0.3 is 14.5 Å². The van der Waals surface area contributed by atoms with Gasteiger partial charge >= 0.3 is 0 Å². The Kier molecular flexibility index (Phi) is 5.42. The smallest absolute Gasteiger partial charge is 0.261 e. The minimum absolute atomic E-state index is 0.148. The third-order valence-electron chi connectivity index (χ3n) is 4.75. The molecule has 4 rings (SSSR count). The van der Waals surface area contributed by atoms with Gasteiger partial charge in [-0.2, -0.15) is 0 Å². The lowest BCUT2D eigenvalue weighted by Gasteiger charge is -2.23. The molecule has 3 aromatic rings. The number of carbonyl (C=O) groups is 1. The number of pyridine rings is 3. The van der Waals surface area contributed by atoms with Crippen molar-refractivity contribution in [3.63, 3.8) is 0 Å². The number of ether oxygens (including phenoxy) is 1. The van der Waals surface area contributed by atoms with Gasteiger partial charge in [0.2, 0.25) is 0 Å². The van der Waals surface area contributed by atoms with E-state index in [0.717, 1.165) is 11.1 Å². The molecular weight excluding hydrogens is 390 g/mol. The lowest BCUT2D eigenvalue weighted by Crippen LogP contribution is -2.25. The van der Waals surface area contributed by atoms with E-state index >= 15 is 0 Å². The molecule has 0 aliphatic carbocycles. The maximum absolute atomic E-state index is 13.1. The number of rotatable bonds is 5. The number of carbonyl (C=O) groups excluding carboxylic acids is 1. The van der Waals surface area contributed by atoms with Gasteiger partial charge in [-0.05, 0) is 48.4 Å². The van der Waals surface area contributed by atoms with Crippen LogP contribution in [0.15, 0.2) is 48.9 Å². The van der Waals surface area contributed by atoms with Crippen LogP contribution in [0.1, 0.15) is 28.4 Å². The monoisotopic (exact) mass is 409 g/mol. The van der Waals surface area contributed by atoms with E-state index in [9.17, 15) is 4.79 Å². The second kappa shape index (κ2) is 8.14. The second-order valence-corrected chi connectivity index (χ2v) is 7.04. The van der Waals surface area contributed by atoms with E-state index in [1.807, 2.05) is 30.0 Å². The number of fused-ring (bicyclic) bond motifs is 2. The van der Waals surface area contributed by atoms with Crippen LogP contribution >= 0.6 is 11.6 Å². The first-order valence-corrected chi connectivity index (χ1v) is 9.64. The van der Waals surface area contributed by atoms with Crippen LogP contribution in [0.25, 0.3) is 0 Å². The summed E-state index contributed by atoms with van der Waals surface area (Å²) < 4.78 is 5.78. The molecule has 1 aliphatic rings. The summed E-state index contributed by atoms with van der Waals surface area (Å²) in [5.41, 5.74) is 3.06. The van der Waals surface area contributed by atoms with E-state index in [0.29, 0.717) is 47.8 Å². The number of anilines is 3. The van der Waals surface area contributed by atoms with Crippen LogP contribution in [-0.4, -0.2) is 34.5 Å². The summed E-state index contributed by atoms with van der Waals surface area (Å²) in [6.45, 7) is 3.39. The average molecular weight is 410 g/mol. The molecule has 148 valence electrons. The van der Waals surface area contributed by atoms with Gasteiger partial charge in [0.05, 0.1) is 24.5 Å². The van der Waals surface area contributed by atoms with E-state index in [1.165, 1.54) is 0 Å². The molecule has 0 spiro atoms. The highest BCUT2D eigenvalue weighted by molar-refractivity contribution is 6.29. The van der Waals surface area contributed by atoms with Gasteiger partial charge in [0.15, 0.2) is 5.82 Å². The predicted molar refractivity (Wildman–Crippen MR) is 112 cm³/mol. The van der Waals surface area contributed by atoms with Gasteiger partial charge in [-0.25, -0.2) is 9.97 Å². The minimum atomic E-state index is -0.148. The summed E-state index contributed by atoms with van der Waals surface area (Å²) in [5.74, 6) is 1.03. The van der Waals surface area contributed by atoms with E-state index in [-0.39, 0.29) is 5.91 Å². The zero-order valence-electron chi connectivity index (χ0n) is 16.2. The highest BCUT2D eigenvalue weighted by atomic mass is 35.5. The van der Waals surface area contributed by atoms with Crippen LogP contribution < -0.4 is 9.80 Å². The van der Waals surface area contributed by atoms with Gasteiger partial charge in [0.25, 0.3) is 5.91 Å². The number of nitrogens with zero attached hydrogens (tertiary/aromatic N) is 5. The molecule has 0 saturated heterocycles. The minimum Gasteiger partial charge on any atom is -0.372 e. The first kappa shape index (κ1) is 19.3. The molecule has 8 heteroatoms. The molecule has 0 N–H and O–H groups in total. The predicted octanol–water partition coefficient (Wildman–Crippen LogP) is 3.99. The Labute approximate surface area is 173 Å². The second-order valence-electron chi connectivity index (χ2n) is 6.65. The molecule has 0 atom stereocenters. The molecule has 0 saturated carbocycles. The Hall–Kier alpha value is -3.03.